The van der Waals surface area contributed by atoms with Crippen LogP contribution in [0.3, 0.4) is 0 Å². The molecule has 0 saturated carbocycles. The Hall–Kier alpha value is -1.71. The van der Waals surface area contributed by atoms with Gasteiger partial charge in [-0.3, -0.25) is 4.79 Å². The monoisotopic (exact) mass is 265 g/mol. The molecule has 0 fully saturated rings. The van der Waals surface area contributed by atoms with E-state index in [9.17, 15) is 4.79 Å². The van der Waals surface area contributed by atoms with E-state index < -0.39 is 5.97 Å². The van der Waals surface area contributed by atoms with Crippen LogP contribution in [-0.2, 0) is 4.79 Å². The van der Waals surface area contributed by atoms with Gasteiger partial charge in [0.2, 0.25) is 0 Å². The molecule has 1 atom stereocenters. The second kappa shape index (κ2) is 6.45. The van der Waals surface area contributed by atoms with Crippen LogP contribution >= 0.6 is 0 Å². The lowest BCUT2D eigenvalue weighted by molar-refractivity contribution is -0.137. The van der Waals surface area contributed by atoms with Gasteiger partial charge in [-0.1, -0.05) is 6.92 Å². The Balaban J connectivity index is 2.85. The van der Waals surface area contributed by atoms with Crippen molar-refractivity contribution < 1.29 is 14.6 Å². The molecule has 1 aromatic rings. The minimum atomic E-state index is -0.747. The summed E-state index contributed by atoms with van der Waals surface area (Å²) >= 11 is 0. The Morgan fingerprint density at radius 1 is 1.37 bits per heavy atom. The Bertz CT molecular complexity index is 457. The number of benzene rings is 1. The van der Waals surface area contributed by atoms with E-state index in [1.54, 1.807) is 7.11 Å². The summed E-state index contributed by atoms with van der Waals surface area (Å²) in [7, 11) is 3.66. The van der Waals surface area contributed by atoms with E-state index in [0.29, 0.717) is 0 Å². The normalized spacial score (nSPS) is 12.1. The van der Waals surface area contributed by atoms with E-state index in [1.165, 1.54) is 0 Å². The van der Waals surface area contributed by atoms with Crippen LogP contribution in [0.1, 0.15) is 24.5 Å². The molecule has 0 aliphatic rings. The van der Waals surface area contributed by atoms with Crippen LogP contribution in [0.25, 0.3) is 0 Å². The SMILES string of the molecule is COc1cc(C)c(N(C)CC(C)CC(=O)O)cc1C. The fourth-order valence-corrected chi connectivity index (χ4v) is 2.33. The summed E-state index contributed by atoms with van der Waals surface area (Å²) in [4.78, 5) is 12.8. The largest absolute Gasteiger partial charge is 0.496 e. The molecule has 1 unspecified atom stereocenters. The Morgan fingerprint density at radius 3 is 2.53 bits per heavy atom. The van der Waals surface area contributed by atoms with Crippen molar-refractivity contribution in [1.82, 2.24) is 0 Å². The summed E-state index contributed by atoms with van der Waals surface area (Å²) in [5.41, 5.74) is 3.34. The summed E-state index contributed by atoms with van der Waals surface area (Å²) in [6, 6.07) is 4.10. The van der Waals surface area contributed by atoms with Gasteiger partial charge in [-0.05, 0) is 43.0 Å². The molecule has 106 valence electrons. The van der Waals surface area contributed by atoms with Crippen molar-refractivity contribution in [2.75, 3.05) is 25.6 Å². The third-order valence-electron chi connectivity index (χ3n) is 3.23. The predicted molar refractivity (Wildman–Crippen MR) is 77.2 cm³/mol. The van der Waals surface area contributed by atoms with E-state index in [0.717, 1.165) is 29.1 Å². The van der Waals surface area contributed by atoms with E-state index >= 15 is 0 Å². The fraction of sp³-hybridized carbons (Fsp3) is 0.533. The molecule has 1 N–H and O–H groups in total. The number of hydrogen-bond acceptors (Lipinski definition) is 3. The quantitative estimate of drug-likeness (QED) is 0.859. The lowest BCUT2D eigenvalue weighted by Crippen LogP contribution is -2.26. The van der Waals surface area contributed by atoms with Crippen LogP contribution in [0.5, 0.6) is 5.75 Å². The van der Waals surface area contributed by atoms with E-state index in [4.69, 9.17) is 9.84 Å². The molecule has 0 heterocycles. The van der Waals surface area contributed by atoms with Gasteiger partial charge in [0, 0.05) is 25.7 Å². The Labute approximate surface area is 115 Å². The number of hydrogen-bond donors (Lipinski definition) is 1. The highest BCUT2D eigenvalue weighted by Crippen LogP contribution is 2.28. The van der Waals surface area contributed by atoms with Crippen LogP contribution in [0, 0.1) is 19.8 Å². The lowest BCUT2D eigenvalue weighted by atomic mass is 10.1. The van der Waals surface area contributed by atoms with Crippen molar-refractivity contribution in [2.45, 2.75) is 27.2 Å². The van der Waals surface area contributed by atoms with Crippen LogP contribution in [0.4, 0.5) is 5.69 Å². The molecular weight excluding hydrogens is 242 g/mol. The first-order valence-electron chi connectivity index (χ1n) is 6.43. The van der Waals surface area contributed by atoms with Crippen molar-refractivity contribution in [3.8, 4) is 5.75 Å². The summed E-state index contributed by atoms with van der Waals surface area (Å²) < 4.78 is 5.30. The first kappa shape index (κ1) is 15.3. The average Bonchev–Trinajstić information content (AvgIpc) is 2.30. The molecule has 19 heavy (non-hydrogen) atoms. The molecule has 0 aliphatic heterocycles. The maximum absolute atomic E-state index is 10.7. The van der Waals surface area contributed by atoms with Gasteiger partial charge >= 0.3 is 5.97 Å². The highest BCUT2D eigenvalue weighted by molar-refractivity contribution is 5.67. The van der Waals surface area contributed by atoms with E-state index in [-0.39, 0.29) is 12.3 Å². The van der Waals surface area contributed by atoms with Gasteiger partial charge in [-0.25, -0.2) is 0 Å². The van der Waals surface area contributed by atoms with Crippen LogP contribution < -0.4 is 9.64 Å². The molecule has 0 saturated heterocycles. The van der Waals surface area contributed by atoms with E-state index in [1.807, 2.05) is 33.9 Å². The predicted octanol–water partition coefficient (Wildman–Crippen LogP) is 2.86. The summed E-state index contributed by atoms with van der Waals surface area (Å²) in [6.07, 6.45) is 0.193. The van der Waals surface area contributed by atoms with Gasteiger partial charge in [0.25, 0.3) is 0 Å². The molecule has 0 aliphatic carbocycles. The number of methoxy groups -OCH3 is 1. The van der Waals surface area contributed by atoms with Crippen molar-refractivity contribution >= 4 is 11.7 Å². The number of ether oxygens (including phenoxy) is 1. The second-order valence-corrected chi connectivity index (χ2v) is 5.19. The molecule has 0 spiro atoms. The second-order valence-electron chi connectivity index (χ2n) is 5.19. The highest BCUT2D eigenvalue weighted by atomic mass is 16.5. The van der Waals surface area contributed by atoms with Crippen molar-refractivity contribution in [3.05, 3.63) is 23.3 Å². The van der Waals surface area contributed by atoms with Gasteiger partial charge in [0.1, 0.15) is 5.75 Å². The molecular formula is C15H23NO3. The number of nitrogens with zero attached hydrogens (tertiary/aromatic N) is 1. The van der Waals surface area contributed by atoms with Gasteiger partial charge in [0.05, 0.1) is 7.11 Å². The number of aryl methyl sites for hydroxylation is 2. The van der Waals surface area contributed by atoms with Crippen LogP contribution in [0.2, 0.25) is 0 Å². The minimum absolute atomic E-state index is 0.115. The summed E-state index contributed by atoms with van der Waals surface area (Å²) in [5, 5.41) is 8.80. The zero-order valence-electron chi connectivity index (χ0n) is 12.4. The summed E-state index contributed by atoms with van der Waals surface area (Å²) in [6.45, 7) is 6.72. The minimum Gasteiger partial charge on any atom is -0.496 e. The summed E-state index contributed by atoms with van der Waals surface area (Å²) in [5.74, 6) is 0.251. The molecule has 0 aromatic heterocycles. The lowest BCUT2D eigenvalue weighted by Gasteiger charge is -2.25. The molecule has 0 amide bonds. The maximum atomic E-state index is 10.7. The molecule has 4 nitrogen and oxygen atoms in total. The first-order valence-corrected chi connectivity index (χ1v) is 6.43. The molecule has 0 radical (unpaired) electrons. The van der Waals surface area contributed by atoms with Crippen molar-refractivity contribution in [2.24, 2.45) is 5.92 Å². The Morgan fingerprint density at radius 2 is 2.00 bits per heavy atom. The van der Waals surface area contributed by atoms with Crippen LogP contribution in [-0.4, -0.2) is 31.8 Å². The topological polar surface area (TPSA) is 49.8 Å². The molecule has 4 heteroatoms. The number of carbonyl (C=O) groups is 1. The molecule has 1 aromatic carbocycles. The zero-order valence-corrected chi connectivity index (χ0v) is 12.4. The highest BCUT2D eigenvalue weighted by Gasteiger charge is 2.13. The Kier molecular flexibility index (Phi) is 5.21. The van der Waals surface area contributed by atoms with E-state index in [2.05, 4.69) is 11.0 Å². The third kappa shape index (κ3) is 4.16. The van der Waals surface area contributed by atoms with Gasteiger partial charge in [-0.2, -0.15) is 0 Å². The number of anilines is 1. The van der Waals surface area contributed by atoms with Gasteiger partial charge in [0.15, 0.2) is 0 Å². The third-order valence-corrected chi connectivity index (χ3v) is 3.23. The van der Waals surface area contributed by atoms with Gasteiger partial charge < -0.3 is 14.7 Å². The fourth-order valence-electron chi connectivity index (χ4n) is 2.33. The van der Waals surface area contributed by atoms with Gasteiger partial charge in [-0.15, -0.1) is 0 Å². The average molecular weight is 265 g/mol. The first-order chi connectivity index (χ1) is 8.85. The standard InChI is InChI=1S/C15H23NO3/c1-10(6-15(17)18)9-16(4)13-7-12(3)14(19-5)8-11(13)2/h7-8,10H,6,9H2,1-5H3,(H,17,18). The molecule has 1 rings (SSSR count). The number of aliphatic carboxylic acids is 1. The zero-order chi connectivity index (χ0) is 14.6. The molecule has 0 bridgehead atoms. The maximum Gasteiger partial charge on any atom is 0.303 e. The number of carboxylic acids is 1. The van der Waals surface area contributed by atoms with Crippen molar-refractivity contribution in [3.63, 3.8) is 0 Å². The van der Waals surface area contributed by atoms with Crippen molar-refractivity contribution in [1.29, 1.82) is 0 Å². The smallest absolute Gasteiger partial charge is 0.303 e. The number of rotatable bonds is 6. The number of carboxylic acid groups (broad SMARTS) is 1. The van der Waals surface area contributed by atoms with Crippen LogP contribution in [0.15, 0.2) is 12.1 Å².